The molecular weight excluding hydrogens is 540 g/mol. The molecule has 8 aromatic carbocycles. The molecule has 0 heterocycles. The van der Waals surface area contributed by atoms with Gasteiger partial charge in [0.05, 0.1) is 11.0 Å². The molecule has 45 heavy (non-hydrogen) atoms. The highest BCUT2D eigenvalue weighted by Crippen LogP contribution is 2.50. The zero-order chi connectivity index (χ0) is 37.1. The van der Waals surface area contributed by atoms with Gasteiger partial charge in [-0.2, -0.15) is 0 Å². The quantitative estimate of drug-likeness (QED) is 0.182. The number of hydrogen-bond acceptors (Lipinski definition) is 0. The van der Waals surface area contributed by atoms with Crippen LogP contribution < -0.4 is 0 Å². The minimum absolute atomic E-state index is 0.208. The lowest BCUT2D eigenvalue weighted by Gasteiger charge is -2.22. The van der Waals surface area contributed by atoms with Crippen molar-refractivity contribution in [2.45, 2.75) is 19.3 Å². The fourth-order valence-electron chi connectivity index (χ4n) is 7.36. The Hall–Kier alpha value is -5.46. The summed E-state index contributed by atoms with van der Waals surface area (Å²) >= 11 is 0. The van der Waals surface area contributed by atoms with Crippen molar-refractivity contribution in [3.63, 3.8) is 0 Å². The molecule has 0 heteroatoms. The summed E-state index contributed by atoms with van der Waals surface area (Å²) in [5, 5.41) is 2.53. The van der Waals surface area contributed by atoms with Gasteiger partial charge in [-0.05, 0) is 100 Å². The fourth-order valence-corrected chi connectivity index (χ4v) is 7.36. The van der Waals surface area contributed by atoms with Crippen LogP contribution in [0.2, 0.25) is 0 Å². The Morgan fingerprint density at radius 3 is 1.76 bits per heavy atom. The number of fused-ring (bicyclic) bond motifs is 6. The third-order valence-electron chi connectivity index (χ3n) is 9.50. The summed E-state index contributed by atoms with van der Waals surface area (Å²) < 4.78 is 72.6. The van der Waals surface area contributed by atoms with Gasteiger partial charge in [0.2, 0.25) is 0 Å². The van der Waals surface area contributed by atoms with E-state index in [-0.39, 0.29) is 51.1 Å². The van der Waals surface area contributed by atoms with E-state index in [0.717, 1.165) is 21.9 Å². The van der Waals surface area contributed by atoms with E-state index in [1.165, 1.54) is 22.3 Å². The molecule has 9 rings (SSSR count). The van der Waals surface area contributed by atoms with Crippen LogP contribution in [0.1, 0.15) is 35.9 Å². The van der Waals surface area contributed by atoms with Gasteiger partial charge in [-0.15, -0.1) is 0 Å². The van der Waals surface area contributed by atoms with Gasteiger partial charge in [0.15, 0.2) is 0 Å². The molecule has 0 fully saturated rings. The Morgan fingerprint density at radius 1 is 0.422 bits per heavy atom. The van der Waals surface area contributed by atoms with E-state index in [9.17, 15) is 5.48 Å². The van der Waals surface area contributed by atoms with Crippen LogP contribution in [-0.4, -0.2) is 0 Å². The lowest BCUT2D eigenvalue weighted by Crippen LogP contribution is -2.14. The predicted octanol–water partition coefficient (Wildman–Crippen LogP) is 12.5. The van der Waals surface area contributed by atoms with Gasteiger partial charge in [-0.1, -0.05) is 159 Å². The second kappa shape index (κ2) is 9.78. The Kier molecular flexibility index (Phi) is 4.14. The first-order valence-electron chi connectivity index (χ1n) is 19.2. The summed E-state index contributed by atoms with van der Waals surface area (Å²) in [5.74, 6) is 0. The SMILES string of the molecule is [2H]c1c([2H])c([2H])c2c(-c3cccc4ccccc34)c3c([2H])c([2H])c([2H])c([2H])c3c(-c3cccc(-c4ccc5c(c4)C(C)(C)c4ccccc4-5)c3)c2c1[2H]. The van der Waals surface area contributed by atoms with Crippen molar-refractivity contribution in [3.05, 3.63) is 169 Å². The standard InChI is InChI=1S/C45H32/c1-45(2)41-24-10-9-18-34(41)35-26-25-31(28-42(35)45)30-15-11-16-32(27-30)43-37-19-5-7-21-39(37)44(40-22-8-6-20-38(40)43)36-23-12-14-29-13-3-4-17-33(29)36/h3-28H,1-2H3/i5D,6D,7D,8D,19D,20D,21D,22D. The average molecular weight is 581 g/mol. The van der Waals surface area contributed by atoms with Crippen LogP contribution in [0, 0.1) is 0 Å². The van der Waals surface area contributed by atoms with Crippen LogP contribution in [0.25, 0.3) is 76.8 Å². The predicted molar refractivity (Wildman–Crippen MR) is 193 cm³/mol. The Balaban J connectivity index is 1.42. The molecule has 0 aliphatic heterocycles. The number of rotatable bonds is 3. The van der Waals surface area contributed by atoms with Gasteiger partial charge in [0, 0.05) is 5.41 Å². The average Bonchev–Trinajstić information content (AvgIpc) is 3.41. The zero-order valence-corrected chi connectivity index (χ0v) is 24.9. The molecule has 0 aromatic heterocycles. The second-order valence-corrected chi connectivity index (χ2v) is 12.3. The van der Waals surface area contributed by atoms with Crippen LogP contribution in [-0.2, 0) is 5.41 Å². The third kappa shape index (κ3) is 3.85. The summed E-state index contributed by atoms with van der Waals surface area (Å²) in [7, 11) is 0. The molecule has 0 atom stereocenters. The van der Waals surface area contributed by atoms with Crippen molar-refractivity contribution in [2.24, 2.45) is 0 Å². The van der Waals surface area contributed by atoms with Gasteiger partial charge in [0.1, 0.15) is 0 Å². The Morgan fingerprint density at radius 2 is 0.978 bits per heavy atom. The molecular formula is C45H32. The van der Waals surface area contributed by atoms with Crippen molar-refractivity contribution >= 4 is 32.3 Å². The van der Waals surface area contributed by atoms with Crippen LogP contribution in [0.3, 0.4) is 0 Å². The summed E-state index contributed by atoms with van der Waals surface area (Å²) in [4.78, 5) is 0. The number of benzene rings is 8. The zero-order valence-electron chi connectivity index (χ0n) is 32.9. The van der Waals surface area contributed by atoms with Crippen LogP contribution >= 0.6 is 0 Å². The molecule has 0 spiro atoms. The minimum Gasteiger partial charge on any atom is -0.0619 e. The van der Waals surface area contributed by atoms with Gasteiger partial charge < -0.3 is 0 Å². The van der Waals surface area contributed by atoms with Gasteiger partial charge in [-0.3, -0.25) is 0 Å². The normalized spacial score (nSPS) is 15.8. The van der Waals surface area contributed by atoms with Gasteiger partial charge in [-0.25, -0.2) is 0 Å². The molecule has 212 valence electrons. The van der Waals surface area contributed by atoms with E-state index in [1.54, 1.807) is 0 Å². The van der Waals surface area contributed by atoms with Crippen molar-refractivity contribution in [2.75, 3.05) is 0 Å². The Labute approximate surface area is 275 Å². The molecule has 1 aliphatic carbocycles. The largest absolute Gasteiger partial charge is 0.0629 e. The van der Waals surface area contributed by atoms with Gasteiger partial charge >= 0.3 is 0 Å². The first kappa shape index (κ1) is 19.0. The minimum atomic E-state index is -0.413. The van der Waals surface area contributed by atoms with E-state index >= 15 is 0 Å². The number of hydrogen-bond donors (Lipinski definition) is 0. The van der Waals surface area contributed by atoms with E-state index in [2.05, 4.69) is 56.3 Å². The maximum atomic E-state index is 9.36. The second-order valence-electron chi connectivity index (χ2n) is 12.3. The molecule has 8 aromatic rings. The smallest absolute Gasteiger partial charge is 0.0619 e. The summed E-state index contributed by atoms with van der Waals surface area (Å²) in [6.45, 7) is 4.46. The summed E-state index contributed by atoms with van der Waals surface area (Å²) in [6.07, 6.45) is 0. The fraction of sp³-hybridized carbons (Fsp3) is 0.0667. The lowest BCUT2D eigenvalue weighted by atomic mass is 9.81. The lowest BCUT2D eigenvalue weighted by molar-refractivity contribution is 0.660. The molecule has 0 amide bonds. The molecule has 0 bridgehead atoms. The molecule has 0 nitrogen and oxygen atoms in total. The first-order chi connectivity index (χ1) is 25.4. The molecule has 0 N–H and O–H groups in total. The molecule has 1 aliphatic rings. The van der Waals surface area contributed by atoms with E-state index in [4.69, 9.17) is 5.48 Å². The van der Waals surface area contributed by atoms with Crippen LogP contribution in [0.5, 0.6) is 0 Å². The highest BCUT2D eigenvalue weighted by Gasteiger charge is 2.35. The summed E-state index contributed by atoms with van der Waals surface area (Å²) in [5.41, 5.74) is 8.42. The molecule has 0 unspecified atom stereocenters. The molecule has 0 radical (unpaired) electrons. The maximum Gasteiger partial charge on any atom is 0.0629 e. The van der Waals surface area contributed by atoms with E-state index in [0.29, 0.717) is 22.3 Å². The van der Waals surface area contributed by atoms with Gasteiger partial charge in [0.25, 0.3) is 0 Å². The van der Waals surface area contributed by atoms with Crippen LogP contribution in [0.4, 0.5) is 0 Å². The highest BCUT2D eigenvalue weighted by atomic mass is 14.4. The Bertz CT molecular complexity index is 2820. The maximum absolute atomic E-state index is 9.36. The third-order valence-corrected chi connectivity index (χ3v) is 9.50. The van der Waals surface area contributed by atoms with Crippen molar-refractivity contribution in [1.29, 1.82) is 0 Å². The monoisotopic (exact) mass is 580 g/mol. The van der Waals surface area contributed by atoms with E-state index in [1.807, 2.05) is 66.7 Å². The van der Waals surface area contributed by atoms with Crippen molar-refractivity contribution < 1.29 is 11.0 Å². The molecule has 0 saturated heterocycles. The van der Waals surface area contributed by atoms with E-state index < -0.39 is 24.2 Å². The molecule has 0 saturated carbocycles. The first-order valence-corrected chi connectivity index (χ1v) is 15.2. The highest BCUT2D eigenvalue weighted by molar-refractivity contribution is 6.23. The van der Waals surface area contributed by atoms with Crippen molar-refractivity contribution in [3.8, 4) is 44.5 Å². The van der Waals surface area contributed by atoms with Crippen LogP contribution in [0.15, 0.2) is 158 Å². The van der Waals surface area contributed by atoms with Crippen molar-refractivity contribution in [1.82, 2.24) is 0 Å². The topological polar surface area (TPSA) is 0 Å². The summed E-state index contributed by atoms with van der Waals surface area (Å²) in [6, 6.07) is 33.3.